The lowest BCUT2D eigenvalue weighted by atomic mass is 10.0. The minimum Gasteiger partial charge on any atom is -0.330 e. The summed E-state index contributed by atoms with van der Waals surface area (Å²) in [4.78, 5) is 19.2. The molecule has 2 aromatic heterocycles. The Bertz CT molecular complexity index is 856. The second kappa shape index (κ2) is 5.50. The van der Waals surface area contributed by atoms with Crippen molar-refractivity contribution in [2.45, 2.75) is 25.8 Å². The van der Waals surface area contributed by atoms with E-state index in [1.807, 2.05) is 36.2 Å². The number of hydrogen-bond acceptors (Lipinski definition) is 3. The normalized spacial score (nSPS) is 17.8. The standard InChI is InChI=1S/C18H18N4O/c1-13-11-19-17-10-15(20-22(17)12-13)18(23)21-9-5-8-16(21)14-6-3-2-4-7-14/h2-4,6-7,10-12,16H,5,8-9H2,1H3. The lowest BCUT2D eigenvalue weighted by molar-refractivity contribution is 0.0729. The fourth-order valence-corrected chi connectivity index (χ4v) is 3.25. The summed E-state index contributed by atoms with van der Waals surface area (Å²) in [6.07, 6.45) is 5.70. The average Bonchev–Trinajstić information content (AvgIpc) is 3.21. The van der Waals surface area contributed by atoms with Crippen molar-refractivity contribution in [3.05, 3.63) is 65.6 Å². The highest BCUT2D eigenvalue weighted by Gasteiger charge is 2.31. The molecular weight excluding hydrogens is 288 g/mol. The maximum absolute atomic E-state index is 12.9. The van der Waals surface area contributed by atoms with Gasteiger partial charge in [-0.1, -0.05) is 30.3 Å². The summed E-state index contributed by atoms with van der Waals surface area (Å²) < 4.78 is 1.68. The van der Waals surface area contributed by atoms with Crippen LogP contribution in [0.2, 0.25) is 0 Å². The van der Waals surface area contributed by atoms with Gasteiger partial charge >= 0.3 is 0 Å². The van der Waals surface area contributed by atoms with E-state index in [4.69, 9.17) is 0 Å². The quantitative estimate of drug-likeness (QED) is 0.731. The molecule has 1 atom stereocenters. The molecule has 3 heterocycles. The van der Waals surface area contributed by atoms with Gasteiger partial charge in [0.15, 0.2) is 11.3 Å². The number of carbonyl (C=O) groups is 1. The second-order valence-electron chi connectivity index (χ2n) is 6.03. The Hall–Kier alpha value is -2.69. The van der Waals surface area contributed by atoms with Crippen LogP contribution in [-0.4, -0.2) is 31.9 Å². The van der Waals surface area contributed by atoms with E-state index in [2.05, 4.69) is 22.2 Å². The predicted octanol–water partition coefficient (Wildman–Crippen LogP) is 3.02. The van der Waals surface area contributed by atoms with Crippen LogP contribution in [0, 0.1) is 6.92 Å². The molecule has 1 aromatic carbocycles. The molecule has 0 spiro atoms. The Morgan fingerprint density at radius 2 is 2.09 bits per heavy atom. The first kappa shape index (κ1) is 13.9. The van der Waals surface area contributed by atoms with Gasteiger partial charge in [-0.25, -0.2) is 9.50 Å². The van der Waals surface area contributed by atoms with Crippen molar-refractivity contribution in [3.8, 4) is 0 Å². The molecule has 23 heavy (non-hydrogen) atoms. The van der Waals surface area contributed by atoms with Gasteiger partial charge in [-0.15, -0.1) is 0 Å². The van der Waals surface area contributed by atoms with E-state index in [1.54, 1.807) is 16.8 Å². The molecule has 1 amide bonds. The molecule has 1 saturated heterocycles. The van der Waals surface area contributed by atoms with Crippen LogP contribution in [0.25, 0.3) is 5.65 Å². The van der Waals surface area contributed by atoms with Crippen LogP contribution in [0.1, 0.15) is 40.5 Å². The number of benzene rings is 1. The Kier molecular flexibility index (Phi) is 3.33. The van der Waals surface area contributed by atoms with E-state index in [0.717, 1.165) is 24.9 Å². The Labute approximate surface area is 134 Å². The van der Waals surface area contributed by atoms with Gasteiger partial charge in [-0.05, 0) is 30.9 Å². The fourth-order valence-electron chi connectivity index (χ4n) is 3.25. The Morgan fingerprint density at radius 3 is 2.91 bits per heavy atom. The van der Waals surface area contributed by atoms with Gasteiger partial charge in [0.25, 0.3) is 5.91 Å². The molecule has 0 bridgehead atoms. The monoisotopic (exact) mass is 306 g/mol. The number of rotatable bonds is 2. The van der Waals surface area contributed by atoms with E-state index >= 15 is 0 Å². The van der Waals surface area contributed by atoms with E-state index in [1.165, 1.54) is 5.56 Å². The molecular formula is C18H18N4O. The van der Waals surface area contributed by atoms with Crippen LogP contribution >= 0.6 is 0 Å². The lowest BCUT2D eigenvalue weighted by Gasteiger charge is -2.24. The van der Waals surface area contributed by atoms with Crippen LogP contribution in [0.15, 0.2) is 48.8 Å². The molecule has 0 aliphatic carbocycles. The number of amides is 1. The maximum atomic E-state index is 12.9. The number of likely N-dealkylation sites (tertiary alicyclic amines) is 1. The van der Waals surface area contributed by atoms with Gasteiger partial charge in [0.1, 0.15) is 0 Å². The van der Waals surface area contributed by atoms with Crippen molar-refractivity contribution in [2.75, 3.05) is 6.54 Å². The van der Waals surface area contributed by atoms with E-state index in [9.17, 15) is 4.79 Å². The number of aryl methyl sites for hydroxylation is 1. The van der Waals surface area contributed by atoms with Crippen LogP contribution < -0.4 is 0 Å². The van der Waals surface area contributed by atoms with E-state index < -0.39 is 0 Å². The Balaban J connectivity index is 1.66. The molecule has 5 nitrogen and oxygen atoms in total. The first-order valence-electron chi connectivity index (χ1n) is 7.90. The SMILES string of the molecule is Cc1cnc2cc(C(=O)N3CCCC3c3ccccc3)nn2c1. The number of aromatic nitrogens is 3. The van der Waals surface area contributed by atoms with Crippen LogP contribution in [0.3, 0.4) is 0 Å². The highest BCUT2D eigenvalue weighted by atomic mass is 16.2. The molecule has 0 saturated carbocycles. The molecule has 0 N–H and O–H groups in total. The van der Waals surface area contributed by atoms with Gasteiger partial charge in [0.05, 0.1) is 6.04 Å². The van der Waals surface area contributed by atoms with Crippen molar-refractivity contribution in [1.82, 2.24) is 19.5 Å². The van der Waals surface area contributed by atoms with Crippen molar-refractivity contribution in [2.24, 2.45) is 0 Å². The zero-order valence-corrected chi connectivity index (χ0v) is 13.0. The molecule has 1 aliphatic heterocycles. The van der Waals surface area contributed by atoms with E-state index in [-0.39, 0.29) is 11.9 Å². The highest BCUT2D eigenvalue weighted by molar-refractivity contribution is 5.93. The number of hydrogen-bond donors (Lipinski definition) is 0. The topological polar surface area (TPSA) is 50.5 Å². The molecule has 1 unspecified atom stereocenters. The van der Waals surface area contributed by atoms with Gasteiger partial charge in [-0.3, -0.25) is 4.79 Å². The van der Waals surface area contributed by atoms with Crippen molar-refractivity contribution >= 4 is 11.6 Å². The molecule has 5 heteroatoms. The van der Waals surface area contributed by atoms with Gasteiger partial charge < -0.3 is 4.90 Å². The lowest BCUT2D eigenvalue weighted by Crippen LogP contribution is -2.30. The van der Waals surface area contributed by atoms with Crippen molar-refractivity contribution in [1.29, 1.82) is 0 Å². The smallest absolute Gasteiger partial charge is 0.274 e. The van der Waals surface area contributed by atoms with Gasteiger partial charge in [0.2, 0.25) is 0 Å². The van der Waals surface area contributed by atoms with Gasteiger partial charge in [0, 0.05) is 25.0 Å². The zero-order valence-electron chi connectivity index (χ0n) is 13.0. The zero-order chi connectivity index (χ0) is 15.8. The average molecular weight is 306 g/mol. The molecule has 4 rings (SSSR count). The van der Waals surface area contributed by atoms with Crippen LogP contribution in [0.5, 0.6) is 0 Å². The Morgan fingerprint density at radius 1 is 1.26 bits per heavy atom. The number of fused-ring (bicyclic) bond motifs is 1. The van der Waals surface area contributed by atoms with Gasteiger partial charge in [-0.2, -0.15) is 5.10 Å². The second-order valence-corrected chi connectivity index (χ2v) is 6.03. The largest absolute Gasteiger partial charge is 0.330 e. The summed E-state index contributed by atoms with van der Waals surface area (Å²) in [5.41, 5.74) is 3.37. The number of nitrogens with zero attached hydrogens (tertiary/aromatic N) is 4. The molecule has 1 fully saturated rings. The fraction of sp³-hybridized carbons (Fsp3) is 0.278. The third-order valence-electron chi connectivity index (χ3n) is 4.36. The number of carbonyl (C=O) groups excluding carboxylic acids is 1. The van der Waals surface area contributed by atoms with E-state index in [0.29, 0.717) is 11.3 Å². The summed E-state index contributed by atoms with van der Waals surface area (Å²) in [6, 6.07) is 12.1. The van der Waals surface area contributed by atoms with Crippen LogP contribution in [-0.2, 0) is 0 Å². The molecule has 1 aliphatic rings. The third kappa shape index (κ3) is 2.48. The maximum Gasteiger partial charge on any atom is 0.274 e. The van der Waals surface area contributed by atoms with Crippen LogP contribution in [0.4, 0.5) is 0 Å². The first-order valence-corrected chi connectivity index (χ1v) is 7.90. The van der Waals surface area contributed by atoms with Crippen molar-refractivity contribution < 1.29 is 4.79 Å². The summed E-state index contributed by atoms with van der Waals surface area (Å²) in [5.74, 6) is -0.0143. The summed E-state index contributed by atoms with van der Waals surface area (Å²) in [7, 11) is 0. The summed E-state index contributed by atoms with van der Waals surface area (Å²) in [6.45, 7) is 2.74. The third-order valence-corrected chi connectivity index (χ3v) is 4.36. The predicted molar refractivity (Wildman–Crippen MR) is 87.2 cm³/mol. The summed E-state index contributed by atoms with van der Waals surface area (Å²) >= 11 is 0. The minimum atomic E-state index is -0.0143. The molecule has 0 radical (unpaired) electrons. The highest BCUT2D eigenvalue weighted by Crippen LogP contribution is 2.32. The molecule has 3 aromatic rings. The first-order chi connectivity index (χ1) is 11.2. The summed E-state index contributed by atoms with van der Waals surface area (Å²) in [5, 5.41) is 4.41. The van der Waals surface area contributed by atoms with Crippen molar-refractivity contribution in [3.63, 3.8) is 0 Å². The molecule has 116 valence electrons. The minimum absolute atomic E-state index is 0.0143.